The van der Waals surface area contributed by atoms with Crippen LogP contribution in [0.15, 0.2) is 6.07 Å². The normalized spacial score (nSPS) is 18.2. The molecule has 0 atom stereocenters. The van der Waals surface area contributed by atoms with Gasteiger partial charge in [0.15, 0.2) is 0 Å². The van der Waals surface area contributed by atoms with Gasteiger partial charge in [0.1, 0.15) is 5.15 Å². The smallest absolute Gasteiger partial charge is 0.147 e. The maximum Gasteiger partial charge on any atom is 0.147 e. The third-order valence-electron chi connectivity index (χ3n) is 3.46. The van der Waals surface area contributed by atoms with Crippen LogP contribution in [-0.4, -0.2) is 4.98 Å². The quantitative estimate of drug-likeness (QED) is 0.590. The zero-order valence-electron chi connectivity index (χ0n) is 10.1. The van der Waals surface area contributed by atoms with Gasteiger partial charge in [0.25, 0.3) is 0 Å². The summed E-state index contributed by atoms with van der Waals surface area (Å²) in [5.41, 5.74) is 2.47. The van der Waals surface area contributed by atoms with Gasteiger partial charge in [0.05, 0.1) is 5.02 Å². The number of hydrogen-bond acceptors (Lipinski definition) is 1. The molecule has 1 aliphatic carbocycles. The Hall–Kier alpha value is -0.270. The first-order valence-corrected chi connectivity index (χ1v) is 7.37. The van der Waals surface area contributed by atoms with Crippen molar-refractivity contribution >= 4 is 23.2 Å². The summed E-state index contributed by atoms with van der Waals surface area (Å²) in [7, 11) is 0. The molecule has 0 amide bonds. The number of pyridine rings is 1. The predicted molar refractivity (Wildman–Crippen MR) is 74.0 cm³/mol. The molecule has 0 saturated carbocycles. The molecule has 1 aromatic rings. The van der Waals surface area contributed by atoms with Gasteiger partial charge < -0.3 is 0 Å². The van der Waals surface area contributed by atoms with E-state index in [4.69, 9.17) is 23.2 Å². The highest BCUT2D eigenvalue weighted by molar-refractivity contribution is 6.41. The highest BCUT2D eigenvalue weighted by atomic mass is 35.5. The molecule has 1 aromatic heterocycles. The van der Waals surface area contributed by atoms with Crippen molar-refractivity contribution in [1.82, 2.24) is 4.98 Å². The molecule has 2 rings (SSSR count). The van der Waals surface area contributed by atoms with Crippen molar-refractivity contribution in [2.45, 2.75) is 57.8 Å². The molecule has 1 aliphatic rings. The summed E-state index contributed by atoms with van der Waals surface area (Å²) < 4.78 is 0. The van der Waals surface area contributed by atoms with Crippen molar-refractivity contribution < 1.29 is 0 Å². The van der Waals surface area contributed by atoms with Crippen molar-refractivity contribution in [3.63, 3.8) is 0 Å². The minimum absolute atomic E-state index is 0.459. The molecule has 0 N–H and O–H groups in total. The van der Waals surface area contributed by atoms with E-state index in [0.717, 1.165) is 12.8 Å². The second-order valence-electron chi connectivity index (χ2n) is 4.84. The molecule has 0 radical (unpaired) electrons. The first-order valence-electron chi connectivity index (χ1n) is 6.61. The predicted octanol–water partition coefficient (Wildman–Crippen LogP) is 5.22. The van der Waals surface area contributed by atoms with Gasteiger partial charge in [-0.2, -0.15) is 0 Å². The van der Waals surface area contributed by atoms with Gasteiger partial charge in [-0.3, -0.25) is 0 Å². The van der Waals surface area contributed by atoms with Gasteiger partial charge in [-0.15, -0.1) is 0 Å². The number of hydrogen-bond donors (Lipinski definition) is 0. The highest BCUT2D eigenvalue weighted by Gasteiger charge is 2.10. The Morgan fingerprint density at radius 2 is 1.41 bits per heavy atom. The summed E-state index contributed by atoms with van der Waals surface area (Å²) in [6.07, 6.45) is 11.3. The Balaban J connectivity index is 2.18. The summed E-state index contributed by atoms with van der Waals surface area (Å²) in [6, 6.07) is 2.02. The number of fused-ring (bicyclic) bond motifs is 1. The fourth-order valence-electron chi connectivity index (χ4n) is 2.46. The Morgan fingerprint density at radius 1 is 0.824 bits per heavy atom. The highest BCUT2D eigenvalue weighted by Crippen LogP contribution is 2.26. The van der Waals surface area contributed by atoms with Crippen molar-refractivity contribution in [2.75, 3.05) is 0 Å². The van der Waals surface area contributed by atoms with E-state index in [2.05, 4.69) is 4.98 Å². The van der Waals surface area contributed by atoms with E-state index in [1.54, 1.807) is 0 Å². The molecule has 0 saturated heterocycles. The lowest BCUT2D eigenvalue weighted by Crippen LogP contribution is -1.99. The van der Waals surface area contributed by atoms with Crippen molar-refractivity contribution in [3.8, 4) is 0 Å². The van der Waals surface area contributed by atoms with Crippen LogP contribution in [0, 0.1) is 0 Å². The average molecular weight is 272 g/mol. The summed E-state index contributed by atoms with van der Waals surface area (Å²) in [5.74, 6) is 0. The Kier molecular flexibility index (Phi) is 5.12. The summed E-state index contributed by atoms with van der Waals surface area (Å²) in [4.78, 5) is 4.45. The first kappa shape index (κ1) is 13.2. The number of aryl methyl sites for hydroxylation is 2. The number of aromatic nitrogens is 1. The van der Waals surface area contributed by atoms with Crippen LogP contribution < -0.4 is 0 Å². The lowest BCUT2D eigenvalue weighted by atomic mass is 10.0. The Morgan fingerprint density at radius 3 is 2.12 bits per heavy atom. The Bertz CT molecular complexity index is 342. The van der Waals surface area contributed by atoms with Gasteiger partial charge >= 0.3 is 0 Å². The van der Waals surface area contributed by atoms with Crippen LogP contribution in [0.5, 0.6) is 0 Å². The second-order valence-corrected chi connectivity index (χ2v) is 5.61. The molecule has 0 spiro atoms. The van der Waals surface area contributed by atoms with Crippen LogP contribution in [0.2, 0.25) is 10.2 Å². The lowest BCUT2D eigenvalue weighted by Gasteiger charge is -2.09. The number of rotatable bonds is 0. The third kappa shape index (κ3) is 3.86. The molecule has 0 aliphatic heterocycles. The largest absolute Gasteiger partial charge is 0.239 e. The van der Waals surface area contributed by atoms with Gasteiger partial charge in [-0.25, -0.2) is 4.98 Å². The van der Waals surface area contributed by atoms with Gasteiger partial charge in [0, 0.05) is 5.69 Å². The van der Waals surface area contributed by atoms with Crippen LogP contribution in [0.1, 0.15) is 56.2 Å². The molecule has 0 bridgehead atoms. The summed E-state index contributed by atoms with van der Waals surface area (Å²) in [6.45, 7) is 0. The molecule has 17 heavy (non-hydrogen) atoms. The maximum atomic E-state index is 6.05. The standard InChI is InChI=1S/C14H19Cl2N/c15-12-10-11-8-6-4-2-1-3-5-7-9-13(11)17-14(12)16/h10H,1-9H2. The molecular weight excluding hydrogens is 253 g/mol. The maximum absolute atomic E-state index is 6.05. The van der Waals surface area contributed by atoms with E-state index in [1.165, 1.54) is 56.2 Å². The van der Waals surface area contributed by atoms with E-state index >= 15 is 0 Å². The van der Waals surface area contributed by atoms with E-state index in [0.29, 0.717) is 10.2 Å². The van der Waals surface area contributed by atoms with Crippen LogP contribution in [-0.2, 0) is 12.8 Å². The van der Waals surface area contributed by atoms with E-state index in [9.17, 15) is 0 Å². The Labute approximate surface area is 114 Å². The van der Waals surface area contributed by atoms with Crippen LogP contribution in [0.4, 0.5) is 0 Å². The summed E-state index contributed by atoms with van der Waals surface area (Å²) >= 11 is 12.1. The SMILES string of the molecule is Clc1cc2c(nc1Cl)CCCCCCCCC2. The molecule has 1 heterocycles. The first-order chi connectivity index (χ1) is 8.27. The average Bonchev–Trinajstić information content (AvgIpc) is 2.36. The zero-order valence-corrected chi connectivity index (χ0v) is 11.7. The second kappa shape index (κ2) is 6.61. The molecule has 0 aromatic carbocycles. The number of nitrogens with zero attached hydrogens (tertiary/aromatic N) is 1. The van der Waals surface area contributed by atoms with Gasteiger partial charge in [0.2, 0.25) is 0 Å². The molecule has 1 nitrogen and oxygen atoms in total. The lowest BCUT2D eigenvalue weighted by molar-refractivity contribution is 0.587. The third-order valence-corrected chi connectivity index (χ3v) is 4.13. The fraction of sp³-hybridized carbons (Fsp3) is 0.643. The molecular formula is C14H19Cl2N. The van der Waals surface area contributed by atoms with E-state index in [1.807, 2.05) is 6.07 Å². The van der Waals surface area contributed by atoms with Crippen LogP contribution in [0.25, 0.3) is 0 Å². The van der Waals surface area contributed by atoms with Crippen LogP contribution in [0.3, 0.4) is 0 Å². The number of halogens is 2. The van der Waals surface area contributed by atoms with Gasteiger partial charge in [-0.1, -0.05) is 55.3 Å². The molecule has 94 valence electrons. The van der Waals surface area contributed by atoms with Crippen molar-refractivity contribution in [2.24, 2.45) is 0 Å². The molecule has 3 heteroatoms. The monoisotopic (exact) mass is 271 g/mol. The van der Waals surface area contributed by atoms with Crippen molar-refractivity contribution in [1.29, 1.82) is 0 Å². The summed E-state index contributed by atoms with van der Waals surface area (Å²) in [5, 5.41) is 1.06. The van der Waals surface area contributed by atoms with Crippen molar-refractivity contribution in [3.05, 3.63) is 27.5 Å². The topological polar surface area (TPSA) is 12.9 Å². The minimum atomic E-state index is 0.459. The van der Waals surface area contributed by atoms with E-state index in [-0.39, 0.29) is 0 Å². The van der Waals surface area contributed by atoms with Gasteiger partial charge in [-0.05, 0) is 37.3 Å². The van der Waals surface area contributed by atoms with Crippen LogP contribution >= 0.6 is 23.2 Å². The van der Waals surface area contributed by atoms with E-state index < -0.39 is 0 Å². The molecule has 0 fully saturated rings. The zero-order chi connectivity index (χ0) is 12.1. The molecule has 0 unspecified atom stereocenters. The minimum Gasteiger partial charge on any atom is -0.239 e. The fourth-order valence-corrected chi connectivity index (χ4v) is 2.79.